The largest absolute Gasteiger partial charge is 0.484 e. The second-order valence-corrected chi connectivity index (χ2v) is 4.47. The van der Waals surface area contributed by atoms with E-state index in [4.69, 9.17) is 6.42 Å². The number of amides is 1. The van der Waals surface area contributed by atoms with Gasteiger partial charge in [0.05, 0.1) is 0 Å². The fourth-order valence-corrected chi connectivity index (χ4v) is 1.96. The molecule has 0 aromatic heterocycles. The van der Waals surface area contributed by atoms with Crippen molar-refractivity contribution in [1.29, 1.82) is 0 Å². The van der Waals surface area contributed by atoms with Crippen molar-refractivity contribution in [2.24, 2.45) is 5.92 Å². The Balaban J connectivity index is 2.02. The minimum atomic E-state index is -4.37. The molecule has 1 heterocycles. The van der Waals surface area contributed by atoms with Crippen molar-refractivity contribution in [3.8, 4) is 18.1 Å². The highest BCUT2D eigenvalue weighted by Crippen LogP contribution is 2.27. The molecule has 3 nitrogen and oxygen atoms in total. The maximum absolute atomic E-state index is 12.0. The number of hydrogen-bond acceptors (Lipinski definition) is 2. The molecule has 1 atom stereocenters. The first kappa shape index (κ1) is 14.3. The number of ether oxygens (including phenoxy) is 1. The van der Waals surface area contributed by atoms with Crippen LogP contribution in [0.15, 0.2) is 24.3 Å². The number of nitrogens with zero attached hydrogens (tertiary/aromatic N) is 1. The van der Waals surface area contributed by atoms with E-state index in [1.54, 1.807) is 12.1 Å². The van der Waals surface area contributed by atoms with Crippen LogP contribution in [0.4, 0.5) is 18.9 Å². The molecule has 0 aliphatic carbocycles. The molecular formula is C14H12F3NO2. The normalized spacial score (nSPS) is 19.0. The van der Waals surface area contributed by atoms with Gasteiger partial charge < -0.3 is 9.64 Å². The Labute approximate surface area is 114 Å². The molecule has 1 fully saturated rings. The minimum absolute atomic E-state index is 0.0862. The number of terminal acetylenes is 1. The summed E-state index contributed by atoms with van der Waals surface area (Å²) in [5.41, 5.74) is 0.604. The number of hydrogen-bond donors (Lipinski definition) is 0. The van der Waals surface area contributed by atoms with Gasteiger partial charge in [-0.25, -0.2) is 0 Å². The van der Waals surface area contributed by atoms with Gasteiger partial charge in [0.15, 0.2) is 6.61 Å². The van der Waals surface area contributed by atoms with Gasteiger partial charge in [0, 0.05) is 24.6 Å². The van der Waals surface area contributed by atoms with Gasteiger partial charge in [0.1, 0.15) is 5.75 Å². The highest BCUT2D eigenvalue weighted by Gasteiger charge is 2.30. The molecule has 1 unspecified atom stereocenters. The fraction of sp³-hybridized carbons (Fsp3) is 0.357. The lowest BCUT2D eigenvalue weighted by atomic mass is 10.1. The van der Waals surface area contributed by atoms with E-state index >= 15 is 0 Å². The molecule has 1 amide bonds. The molecule has 0 saturated carbocycles. The van der Waals surface area contributed by atoms with E-state index in [-0.39, 0.29) is 17.6 Å². The zero-order chi connectivity index (χ0) is 14.8. The Morgan fingerprint density at radius 1 is 1.35 bits per heavy atom. The third-order valence-corrected chi connectivity index (χ3v) is 2.91. The number of benzene rings is 1. The van der Waals surface area contributed by atoms with Crippen LogP contribution in [-0.4, -0.2) is 25.2 Å². The number of carbonyl (C=O) groups excluding carboxylic acids is 1. The zero-order valence-electron chi connectivity index (χ0n) is 10.5. The number of alkyl halides is 3. The van der Waals surface area contributed by atoms with E-state index in [0.29, 0.717) is 18.7 Å². The molecule has 106 valence electrons. The minimum Gasteiger partial charge on any atom is -0.484 e. The standard InChI is InChI=1S/C14H12F3NO2/c1-2-10-7-13(19)18(8-10)11-3-5-12(6-4-11)20-9-14(15,16)17/h1,3-6,10H,7-9H2. The van der Waals surface area contributed by atoms with Crippen LogP contribution >= 0.6 is 0 Å². The van der Waals surface area contributed by atoms with E-state index in [1.165, 1.54) is 17.0 Å². The highest BCUT2D eigenvalue weighted by atomic mass is 19.4. The van der Waals surface area contributed by atoms with Crippen LogP contribution in [0.25, 0.3) is 0 Å². The van der Waals surface area contributed by atoms with Crippen LogP contribution in [0.1, 0.15) is 6.42 Å². The summed E-state index contributed by atoms with van der Waals surface area (Å²) < 4.78 is 40.6. The molecule has 0 radical (unpaired) electrons. The lowest BCUT2D eigenvalue weighted by molar-refractivity contribution is -0.153. The highest BCUT2D eigenvalue weighted by molar-refractivity contribution is 5.96. The summed E-state index contributed by atoms with van der Waals surface area (Å²) in [6.07, 6.45) is 1.21. The Hall–Kier alpha value is -2.16. The fourth-order valence-electron chi connectivity index (χ4n) is 1.96. The van der Waals surface area contributed by atoms with Gasteiger partial charge in [-0.1, -0.05) is 0 Å². The van der Waals surface area contributed by atoms with Gasteiger partial charge in [-0.05, 0) is 24.3 Å². The van der Waals surface area contributed by atoms with Crippen molar-refractivity contribution in [2.75, 3.05) is 18.1 Å². The average Bonchev–Trinajstić information content (AvgIpc) is 2.77. The van der Waals surface area contributed by atoms with Crippen LogP contribution < -0.4 is 9.64 Å². The van der Waals surface area contributed by atoms with Gasteiger partial charge in [0.25, 0.3) is 0 Å². The molecule has 0 bridgehead atoms. The van der Waals surface area contributed by atoms with Crippen molar-refractivity contribution in [3.63, 3.8) is 0 Å². The van der Waals surface area contributed by atoms with Crippen LogP contribution in [0.5, 0.6) is 5.75 Å². The van der Waals surface area contributed by atoms with E-state index in [2.05, 4.69) is 10.7 Å². The predicted octanol–water partition coefficient (Wildman–Crippen LogP) is 2.61. The Morgan fingerprint density at radius 3 is 2.50 bits per heavy atom. The molecule has 2 rings (SSSR count). The van der Waals surface area contributed by atoms with Gasteiger partial charge in [0.2, 0.25) is 5.91 Å². The second kappa shape index (κ2) is 5.45. The molecule has 0 spiro atoms. The van der Waals surface area contributed by atoms with Crippen molar-refractivity contribution in [1.82, 2.24) is 0 Å². The zero-order valence-corrected chi connectivity index (χ0v) is 10.5. The maximum atomic E-state index is 12.0. The van der Waals surface area contributed by atoms with E-state index < -0.39 is 12.8 Å². The van der Waals surface area contributed by atoms with Gasteiger partial charge in [-0.15, -0.1) is 12.3 Å². The molecule has 1 aromatic rings. The molecule has 6 heteroatoms. The summed E-state index contributed by atoms with van der Waals surface area (Å²) in [6, 6.07) is 5.89. The lowest BCUT2D eigenvalue weighted by Gasteiger charge is -2.16. The van der Waals surface area contributed by atoms with Crippen molar-refractivity contribution in [3.05, 3.63) is 24.3 Å². The average molecular weight is 283 g/mol. The summed E-state index contributed by atoms with van der Waals surface area (Å²) in [5, 5.41) is 0. The van der Waals surface area contributed by atoms with E-state index in [9.17, 15) is 18.0 Å². The first-order valence-electron chi connectivity index (χ1n) is 5.95. The van der Waals surface area contributed by atoms with Crippen LogP contribution in [-0.2, 0) is 4.79 Å². The first-order valence-corrected chi connectivity index (χ1v) is 5.95. The molecule has 1 aliphatic heterocycles. The summed E-state index contributed by atoms with van der Waals surface area (Å²) in [7, 11) is 0. The summed E-state index contributed by atoms with van der Waals surface area (Å²) >= 11 is 0. The molecule has 20 heavy (non-hydrogen) atoms. The van der Waals surface area contributed by atoms with E-state index in [0.717, 1.165) is 0 Å². The number of carbonyl (C=O) groups is 1. The quantitative estimate of drug-likeness (QED) is 0.798. The maximum Gasteiger partial charge on any atom is 0.422 e. The third-order valence-electron chi connectivity index (χ3n) is 2.91. The van der Waals surface area contributed by atoms with Crippen LogP contribution in [0, 0.1) is 18.3 Å². The molecule has 0 N–H and O–H groups in total. The molecule has 1 aromatic carbocycles. The lowest BCUT2D eigenvalue weighted by Crippen LogP contribution is -2.24. The Kier molecular flexibility index (Phi) is 3.89. The van der Waals surface area contributed by atoms with E-state index in [1.807, 2.05) is 0 Å². The summed E-state index contributed by atoms with van der Waals surface area (Å²) in [5.74, 6) is 2.43. The third kappa shape index (κ3) is 3.44. The van der Waals surface area contributed by atoms with Gasteiger partial charge in [-0.2, -0.15) is 13.2 Å². The first-order chi connectivity index (χ1) is 9.39. The molecule has 1 saturated heterocycles. The molecule has 1 aliphatic rings. The monoisotopic (exact) mass is 283 g/mol. The number of rotatable bonds is 3. The Morgan fingerprint density at radius 2 is 2.00 bits per heavy atom. The topological polar surface area (TPSA) is 29.5 Å². The molecular weight excluding hydrogens is 271 g/mol. The van der Waals surface area contributed by atoms with Crippen molar-refractivity contribution in [2.45, 2.75) is 12.6 Å². The smallest absolute Gasteiger partial charge is 0.422 e. The van der Waals surface area contributed by atoms with Gasteiger partial charge >= 0.3 is 6.18 Å². The number of anilines is 1. The van der Waals surface area contributed by atoms with Crippen molar-refractivity contribution >= 4 is 11.6 Å². The van der Waals surface area contributed by atoms with Gasteiger partial charge in [-0.3, -0.25) is 4.79 Å². The van der Waals surface area contributed by atoms with Crippen LogP contribution in [0.2, 0.25) is 0 Å². The van der Waals surface area contributed by atoms with Crippen LogP contribution in [0.3, 0.4) is 0 Å². The van der Waals surface area contributed by atoms with Crippen molar-refractivity contribution < 1.29 is 22.7 Å². The summed E-state index contributed by atoms with van der Waals surface area (Å²) in [4.78, 5) is 13.3. The SMILES string of the molecule is C#CC1CC(=O)N(c2ccc(OCC(F)(F)F)cc2)C1. The second-order valence-electron chi connectivity index (χ2n) is 4.47. The Bertz CT molecular complexity index is 531. The summed E-state index contributed by atoms with van der Waals surface area (Å²) in [6.45, 7) is -0.910. The predicted molar refractivity (Wildman–Crippen MR) is 67.3 cm³/mol. The number of halogens is 3.